The highest BCUT2D eigenvalue weighted by molar-refractivity contribution is 6.74. The Bertz CT molecular complexity index is 1300. The largest absolute Gasteiger partial charge is 0.493 e. The van der Waals surface area contributed by atoms with Crippen LogP contribution < -0.4 is 4.74 Å². The van der Waals surface area contributed by atoms with E-state index in [-0.39, 0.29) is 10.2 Å². The molecule has 1 aromatic carbocycles. The van der Waals surface area contributed by atoms with Gasteiger partial charge in [0.2, 0.25) is 0 Å². The number of rotatable bonds is 7. The molecule has 0 aliphatic rings. The van der Waals surface area contributed by atoms with E-state index >= 15 is 0 Å². The number of ether oxygens (including phenoxy) is 1. The Morgan fingerprint density at radius 2 is 1.79 bits per heavy atom. The zero-order valence-electron chi connectivity index (χ0n) is 20.5. The molecule has 3 heterocycles. The second-order valence-electron chi connectivity index (χ2n) is 9.70. The predicted octanol–water partition coefficient (Wildman–Crippen LogP) is 6.24. The van der Waals surface area contributed by atoms with Gasteiger partial charge >= 0.3 is 0 Å². The van der Waals surface area contributed by atoms with Crippen LogP contribution in [-0.2, 0) is 11.0 Å². The standard InChI is InChI=1S/C25H30ClN5O2Si/c1-25(2,3)34(5,6)33-13-12-31-15-18(21(30-31)17-10-8-7-9-11-17)22-23-19(27-16-28-22)14-20(32-4)24(26)29-23/h7-11,14-16H,12-13H2,1-6H3. The average molecular weight is 496 g/mol. The first kappa shape index (κ1) is 24.3. The lowest BCUT2D eigenvalue weighted by Crippen LogP contribution is -2.41. The van der Waals surface area contributed by atoms with Crippen molar-refractivity contribution in [2.24, 2.45) is 0 Å². The summed E-state index contributed by atoms with van der Waals surface area (Å²) in [5.74, 6) is 0.473. The number of hydrogen-bond donors (Lipinski definition) is 0. The summed E-state index contributed by atoms with van der Waals surface area (Å²) < 4.78 is 13.6. The van der Waals surface area contributed by atoms with Gasteiger partial charge in [0.1, 0.15) is 23.2 Å². The first-order valence-corrected chi connectivity index (χ1v) is 14.5. The van der Waals surface area contributed by atoms with Gasteiger partial charge < -0.3 is 9.16 Å². The Morgan fingerprint density at radius 3 is 2.47 bits per heavy atom. The highest BCUT2D eigenvalue weighted by Crippen LogP contribution is 2.37. The fourth-order valence-electron chi connectivity index (χ4n) is 3.41. The normalized spacial score (nSPS) is 12.3. The quantitative estimate of drug-likeness (QED) is 0.223. The molecule has 34 heavy (non-hydrogen) atoms. The van der Waals surface area contributed by atoms with Gasteiger partial charge in [-0.25, -0.2) is 15.0 Å². The first-order valence-electron chi connectivity index (χ1n) is 11.2. The lowest BCUT2D eigenvalue weighted by atomic mass is 10.0. The van der Waals surface area contributed by atoms with Gasteiger partial charge in [-0.3, -0.25) is 4.68 Å². The summed E-state index contributed by atoms with van der Waals surface area (Å²) in [6, 6.07) is 11.8. The molecular weight excluding hydrogens is 466 g/mol. The summed E-state index contributed by atoms with van der Waals surface area (Å²) >= 11 is 6.35. The molecule has 0 spiro atoms. The number of pyridine rings is 1. The minimum atomic E-state index is -1.84. The molecule has 0 radical (unpaired) electrons. The molecule has 0 saturated carbocycles. The maximum atomic E-state index is 6.38. The van der Waals surface area contributed by atoms with Gasteiger partial charge in [0.25, 0.3) is 0 Å². The van der Waals surface area contributed by atoms with Gasteiger partial charge in [0.05, 0.1) is 25.8 Å². The fraction of sp³-hybridized carbons (Fsp3) is 0.360. The SMILES string of the molecule is COc1cc2ncnc(-c3cn(CCO[Si](C)(C)C(C)(C)C)nc3-c3ccccc3)c2nc1Cl. The highest BCUT2D eigenvalue weighted by atomic mass is 35.5. The number of fused-ring (bicyclic) bond motifs is 1. The molecule has 0 fully saturated rings. The van der Waals surface area contributed by atoms with Gasteiger partial charge in [-0.1, -0.05) is 62.7 Å². The fourth-order valence-corrected chi connectivity index (χ4v) is 4.67. The van der Waals surface area contributed by atoms with Crippen LogP contribution in [0, 0.1) is 0 Å². The third kappa shape index (κ3) is 4.84. The second-order valence-corrected chi connectivity index (χ2v) is 14.9. The molecule has 0 aliphatic heterocycles. The van der Waals surface area contributed by atoms with E-state index < -0.39 is 8.32 Å². The average Bonchev–Trinajstić information content (AvgIpc) is 3.22. The van der Waals surface area contributed by atoms with Crippen LogP contribution in [0.1, 0.15) is 20.8 Å². The number of hydrogen-bond acceptors (Lipinski definition) is 6. The van der Waals surface area contributed by atoms with Gasteiger partial charge in [0.15, 0.2) is 19.2 Å². The monoisotopic (exact) mass is 495 g/mol. The highest BCUT2D eigenvalue weighted by Gasteiger charge is 2.37. The number of benzene rings is 1. The van der Waals surface area contributed by atoms with Crippen LogP contribution in [0.15, 0.2) is 48.9 Å². The van der Waals surface area contributed by atoms with Crippen molar-refractivity contribution in [1.29, 1.82) is 0 Å². The van der Waals surface area contributed by atoms with E-state index in [4.69, 9.17) is 25.9 Å². The molecule has 0 unspecified atom stereocenters. The number of nitrogens with zero attached hydrogens (tertiary/aromatic N) is 5. The molecule has 0 saturated heterocycles. The molecule has 0 amide bonds. The van der Waals surface area contributed by atoms with Crippen molar-refractivity contribution in [3.63, 3.8) is 0 Å². The van der Waals surface area contributed by atoms with E-state index in [1.165, 1.54) is 6.33 Å². The summed E-state index contributed by atoms with van der Waals surface area (Å²) in [6.07, 6.45) is 3.53. The first-order chi connectivity index (χ1) is 16.1. The van der Waals surface area contributed by atoms with E-state index in [0.29, 0.717) is 35.6 Å². The van der Waals surface area contributed by atoms with Gasteiger partial charge in [-0.2, -0.15) is 5.10 Å². The second kappa shape index (κ2) is 9.44. The smallest absolute Gasteiger partial charge is 0.192 e. The molecule has 7 nitrogen and oxygen atoms in total. The minimum absolute atomic E-state index is 0.156. The molecule has 4 aromatic rings. The van der Waals surface area contributed by atoms with Crippen LogP contribution in [0.25, 0.3) is 33.5 Å². The van der Waals surface area contributed by atoms with Crippen LogP contribution in [-0.4, -0.2) is 46.8 Å². The zero-order valence-corrected chi connectivity index (χ0v) is 22.2. The molecule has 178 valence electrons. The lowest BCUT2D eigenvalue weighted by Gasteiger charge is -2.36. The maximum Gasteiger partial charge on any atom is 0.192 e. The van der Waals surface area contributed by atoms with Gasteiger partial charge in [0, 0.05) is 23.4 Å². The molecule has 0 atom stereocenters. The number of methoxy groups -OCH3 is 1. The predicted molar refractivity (Wildman–Crippen MR) is 139 cm³/mol. The van der Waals surface area contributed by atoms with Gasteiger partial charge in [-0.05, 0) is 18.1 Å². The van der Waals surface area contributed by atoms with Crippen LogP contribution >= 0.6 is 11.6 Å². The van der Waals surface area contributed by atoms with Crippen molar-refractivity contribution in [2.45, 2.75) is 45.4 Å². The molecule has 3 aromatic heterocycles. The Hall–Kier alpha value is -2.81. The summed E-state index contributed by atoms with van der Waals surface area (Å²) in [7, 11) is -0.288. The van der Waals surface area contributed by atoms with E-state index in [9.17, 15) is 0 Å². The van der Waals surface area contributed by atoms with Crippen LogP contribution in [0.2, 0.25) is 23.3 Å². The molecule has 0 bridgehead atoms. The maximum absolute atomic E-state index is 6.38. The zero-order chi connectivity index (χ0) is 24.5. The van der Waals surface area contributed by atoms with E-state index in [0.717, 1.165) is 16.8 Å². The Kier molecular flexibility index (Phi) is 6.75. The van der Waals surface area contributed by atoms with Crippen LogP contribution in [0.5, 0.6) is 5.75 Å². The third-order valence-electron chi connectivity index (χ3n) is 6.41. The van der Waals surface area contributed by atoms with Crippen molar-refractivity contribution < 1.29 is 9.16 Å². The van der Waals surface area contributed by atoms with Crippen molar-refractivity contribution >= 4 is 31.0 Å². The molecular formula is C25H30ClN5O2Si. The van der Waals surface area contributed by atoms with E-state index in [1.807, 2.05) is 41.2 Å². The van der Waals surface area contributed by atoms with E-state index in [1.54, 1.807) is 13.2 Å². The van der Waals surface area contributed by atoms with Crippen molar-refractivity contribution in [3.05, 3.63) is 54.1 Å². The van der Waals surface area contributed by atoms with Crippen molar-refractivity contribution in [3.8, 4) is 28.3 Å². The lowest BCUT2D eigenvalue weighted by molar-refractivity contribution is 0.266. The van der Waals surface area contributed by atoms with Crippen LogP contribution in [0.4, 0.5) is 0 Å². The summed E-state index contributed by atoms with van der Waals surface area (Å²) in [4.78, 5) is 13.5. The van der Waals surface area contributed by atoms with E-state index in [2.05, 4.69) is 48.8 Å². The summed E-state index contributed by atoms with van der Waals surface area (Å²) in [5, 5.41) is 5.33. The van der Waals surface area contributed by atoms with Crippen molar-refractivity contribution in [1.82, 2.24) is 24.7 Å². The summed E-state index contributed by atoms with van der Waals surface area (Å²) in [5.41, 5.74) is 4.60. The van der Waals surface area contributed by atoms with Gasteiger partial charge in [-0.15, -0.1) is 0 Å². The van der Waals surface area contributed by atoms with Crippen LogP contribution in [0.3, 0.4) is 0 Å². The summed E-state index contributed by atoms with van der Waals surface area (Å²) in [6.45, 7) is 12.5. The number of aromatic nitrogens is 5. The Morgan fingerprint density at radius 1 is 1.06 bits per heavy atom. The molecule has 4 rings (SSSR count). The Labute approximate surface area is 206 Å². The number of halogens is 1. The van der Waals surface area contributed by atoms with Crippen molar-refractivity contribution in [2.75, 3.05) is 13.7 Å². The molecule has 0 aliphatic carbocycles. The minimum Gasteiger partial charge on any atom is -0.493 e. The Balaban J connectivity index is 1.76. The molecule has 9 heteroatoms. The third-order valence-corrected chi connectivity index (χ3v) is 11.2. The topological polar surface area (TPSA) is 75.0 Å². The molecule has 0 N–H and O–H groups in total.